The molecule has 0 aliphatic carbocycles. The van der Waals surface area contributed by atoms with Gasteiger partial charge in [0.2, 0.25) is 5.95 Å². The second kappa shape index (κ2) is 3.13. The largest absolute Gasteiger partial charge is 0.369 e. The molecule has 2 N–H and O–H groups in total. The molecule has 0 bridgehead atoms. The summed E-state index contributed by atoms with van der Waals surface area (Å²) in [6, 6.07) is 0. The number of nitrogen functional groups attached to an aromatic ring is 1. The van der Waals surface area contributed by atoms with Gasteiger partial charge in [0.1, 0.15) is 5.82 Å². The highest BCUT2D eigenvalue weighted by Gasteiger charge is 2.06. The zero-order valence-corrected chi connectivity index (χ0v) is 8.18. The van der Waals surface area contributed by atoms with Crippen LogP contribution in [0.3, 0.4) is 0 Å². The molecular formula is C8H12N6. The van der Waals surface area contributed by atoms with Gasteiger partial charge in [0.25, 0.3) is 0 Å². The van der Waals surface area contributed by atoms with Gasteiger partial charge in [0.05, 0.1) is 6.54 Å². The van der Waals surface area contributed by atoms with Crippen LogP contribution in [0.5, 0.6) is 0 Å². The fraction of sp³-hybridized carbons (Fsp3) is 0.375. The van der Waals surface area contributed by atoms with Crippen molar-refractivity contribution in [2.24, 2.45) is 7.05 Å². The van der Waals surface area contributed by atoms with E-state index >= 15 is 0 Å². The Labute approximate surface area is 81.4 Å². The van der Waals surface area contributed by atoms with Crippen molar-refractivity contribution in [1.29, 1.82) is 0 Å². The average molecular weight is 192 g/mol. The zero-order chi connectivity index (χ0) is 10.1. The van der Waals surface area contributed by atoms with Crippen molar-refractivity contribution in [3.8, 4) is 0 Å². The number of aryl methyl sites for hydroxylation is 1. The normalized spacial score (nSPS) is 10.7. The number of hydrogen-bond donors (Lipinski definition) is 1. The molecule has 0 aliphatic heterocycles. The van der Waals surface area contributed by atoms with Crippen LogP contribution in [0.25, 0.3) is 0 Å². The summed E-state index contributed by atoms with van der Waals surface area (Å²) in [5, 5.41) is 8.00. The number of imidazole rings is 1. The van der Waals surface area contributed by atoms with Crippen LogP contribution >= 0.6 is 0 Å². The molecule has 0 fully saturated rings. The van der Waals surface area contributed by atoms with Gasteiger partial charge in [-0.2, -0.15) is 0 Å². The van der Waals surface area contributed by atoms with Gasteiger partial charge in [0.15, 0.2) is 5.82 Å². The first-order chi connectivity index (χ1) is 6.68. The van der Waals surface area contributed by atoms with E-state index in [1.165, 1.54) is 0 Å². The molecule has 2 rings (SSSR count). The van der Waals surface area contributed by atoms with E-state index in [-0.39, 0.29) is 0 Å². The van der Waals surface area contributed by atoms with E-state index < -0.39 is 0 Å². The molecule has 0 atom stereocenters. The molecule has 2 heterocycles. The van der Waals surface area contributed by atoms with Crippen LogP contribution in [0.2, 0.25) is 0 Å². The fourth-order valence-corrected chi connectivity index (χ4v) is 1.22. The third-order valence-corrected chi connectivity index (χ3v) is 2.24. The highest BCUT2D eigenvalue weighted by Crippen LogP contribution is 2.04. The summed E-state index contributed by atoms with van der Waals surface area (Å²) in [4.78, 5) is 3.93. The molecule has 0 radical (unpaired) electrons. The second-order valence-electron chi connectivity index (χ2n) is 3.14. The maximum atomic E-state index is 5.64. The van der Waals surface area contributed by atoms with Crippen molar-refractivity contribution in [2.75, 3.05) is 5.73 Å². The highest BCUT2D eigenvalue weighted by molar-refractivity contribution is 5.17. The minimum absolute atomic E-state index is 0.491. The van der Waals surface area contributed by atoms with Crippen LogP contribution in [0.15, 0.2) is 12.4 Å². The first kappa shape index (κ1) is 8.74. The lowest BCUT2D eigenvalue weighted by atomic mass is 10.5. The lowest BCUT2D eigenvalue weighted by Gasteiger charge is -2.03. The first-order valence-corrected chi connectivity index (χ1v) is 4.30. The zero-order valence-electron chi connectivity index (χ0n) is 8.18. The average Bonchev–Trinajstić information content (AvgIpc) is 2.68. The van der Waals surface area contributed by atoms with Crippen LogP contribution in [-0.4, -0.2) is 24.3 Å². The summed E-state index contributed by atoms with van der Waals surface area (Å²) >= 11 is 0. The number of nitrogens with two attached hydrogens (primary N) is 1. The van der Waals surface area contributed by atoms with Gasteiger partial charge in [-0.15, -0.1) is 10.2 Å². The van der Waals surface area contributed by atoms with Crippen molar-refractivity contribution in [1.82, 2.24) is 24.3 Å². The molecule has 0 unspecified atom stereocenters. The number of nitrogens with zero attached hydrogens (tertiary/aromatic N) is 5. The Kier molecular flexibility index (Phi) is 1.95. The van der Waals surface area contributed by atoms with Gasteiger partial charge < -0.3 is 14.9 Å². The van der Waals surface area contributed by atoms with Crippen molar-refractivity contribution in [3.63, 3.8) is 0 Å². The Bertz CT molecular complexity index is 440. The summed E-state index contributed by atoms with van der Waals surface area (Å²) in [6.45, 7) is 2.51. The van der Waals surface area contributed by atoms with Crippen LogP contribution in [-0.2, 0) is 13.6 Å². The van der Waals surface area contributed by atoms with Crippen LogP contribution in [0.1, 0.15) is 11.6 Å². The summed E-state index contributed by atoms with van der Waals surface area (Å²) in [6.07, 6.45) is 3.48. The standard InChI is InChI=1S/C8H12N6/c1-6-11-12-7(13(6)2)5-14-4-3-10-8(14)9/h3-4H,5H2,1-2H3,(H2,9,10). The molecule has 2 aromatic heterocycles. The number of anilines is 1. The van der Waals surface area contributed by atoms with Gasteiger partial charge in [-0.25, -0.2) is 4.98 Å². The van der Waals surface area contributed by atoms with E-state index in [1.807, 2.05) is 29.3 Å². The fourth-order valence-electron chi connectivity index (χ4n) is 1.22. The molecular weight excluding hydrogens is 180 g/mol. The van der Waals surface area contributed by atoms with Crippen molar-refractivity contribution < 1.29 is 0 Å². The third kappa shape index (κ3) is 1.34. The maximum Gasteiger partial charge on any atom is 0.200 e. The minimum atomic E-state index is 0.491. The molecule has 6 nitrogen and oxygen atoms in total. The molecule has 0 aliphatic rings. The second-order valence-corrected chi connectivity index (χ2v) is 3.14. The van der Waals surface area contributed by atoms with Crippen molar-refractivity contribution in [2.45, 2.75) is 13.5 Å². The van der Waals surface area contributed by atoms with E-state index in [2.05, 4.69) is 15.2 Å². The van der Waals surface area contributed by atoms with Crippen LogP contribution < -0.4 is 5.73 Å². The maximum absolute atomic E-state index is 5.64. The Morgan fingerprint density at radius 1 is 1.43 bits per heavy atom. The third-order valence-electron chi connectivity index (χ3n) is 2.24. The monoisotopic (exact) mass is 192 g/mol. The van der Waals surface area contributed by atoms with E-state index in [9.17, 15) is 0 Å². The Morgan fingerprint density at radius 2 is 2.21 bits per heavy atom. The smallest absolute Gasteiger partial charge is 0.200 e. The van der Waals surface area contributed by atoms with Crippen LogP contribution in [0.4, 0.5) is 5.95 Å². The molecule has 0 aromatic carbocycles. The molecule has 6 heteroatoms. The Morgan fingerprint density at radius 3 is 2.71 bits per heavy atom. The SMILES string of the molecule is Cc1nnc(Cn2ccnc2N)n1C. The van der Waals surface area contributed by atoms with E-state index in [0.717, 1.165) is 11.6 Å². The Hall–Kier alpha value is -1.85. The predicted molar refractivity (Wildman–Crippen MR) is 51.5 cm³/mol. The van der Waals surface area contributed by atoms with E-state index in [1.54, 1.807) is 6.20 Å². The highest BCUT2D eigenvalue weighted by atomic mass is 15.3. The number of hydrogen-bond acceptors (Lipinski definition) is 4. The number of aromatic nitrogens is 5. The summed E-state index contributed by atoms with van der Waals surface area (Å²) in [7, 11) is 1.93. The molecule has 0 spiro atoms. The molecule has 0 saturated heterocycles. The number of rotatable bonds is 2. The van der Waals surface area contributed by atoms with Gasteiger partial charge in [-0.05, 0) is 6.92 Å². The predicted octanol–water partition coefficient (Wildman–Crippen LogP) is -0.0495. The summed E-state index contributed by atoms with van der Waals surface area (Å²) < 4.78 is 3.75. The molecule has 2 aromatic rings. The molecule has 74 valence electrons. The Balaban J connectivity index is 2.27. The van der Waals surface area contributed by atoms with Gasteiger partial charge in [0, 0.05) is 19.4 Å². The van der Waals surface area contributed by atoms with Crippen LogP contribution in [0, 0.1) is 6.92 Å². The quantitative estimate of drug-likeness (QED) is 0.724. The molecule has 0 amide bonds. The molecule has 0 saturated carbocycles. The van der Waals surface area contributed by atoms with Gasteiger partial charge >= 0.3 is 0 Å². The van der Waals surface area contributed by atoms with Gasteiger partial charge in [-0.3, -0.25) is 0 Å². The lowest BCUT2D eigenvalue weighted by molar-refractivity contribution is 0.697. The van der Waals surface area contributed by atoms with E-state index in [4.69, 9.17) is 5.73 Å². The van der Waals surface area contributed by atoms with Crippen molar-refractivity contribution in [3.05, 3.63) is 24.0 Å². The lowest BCUT2D eigenvalue weighted by Crippen LogP contribution is -2.08. The first-order valence-electron chi connectivity index (χ1n) is 4.30. The summed E-state index contributed by atoms with van der Waals surface area (Å²) in [5.74, 6) is 2.25. The minimum Gasteiger partial charge on any atom is -0.369 e. The summed E-state index contributed by atoms with van der Waals surface area (Å²) in [5.41, 5.74) is 5.64. The van der Waals surface area contributed by atoms with E-state index in [0.29, 0.717) is 12.5 Å². The topological polar surface area (TPSA) is 74.6 Å². The van der Waals surface area contributed by atoms with Crippen molar-refractivity contribution >= 4 is 5.95 Å². The molecule has 14 heavy (non-hydrogen) atoms. The van der Waals surface area contributed by atoms with Gasteiger partial charge in [-0.1, -0.05) is 0 Å².